The SMILES string of the molecule is Cc1c[n+](Cc2ccccc2)cc2c1[nH]c1c(F)c(Cl)cc(Br)c12. The predicted octanol–water partition coefficient (Wildman–Crippen LogP) is 5.52. The molecule has 0 bridgehead atoms. The highest BCUT2D eigenvalue weighted by atomic mass is 79.9. The molecule has 5 heteroatoms. The number of nitrogens with one attached hydrogen (secondary N) is 1. The lowest BCUT2D eigenvalue weighted by molar-refractivity contribution is -0.687. The lowest BCUT2D eigenvalue weighted by Gasteiger charge is -2.01. The average molecular weight is 405 g/mol. The quantitative estimate of drug-likeness (QED) is 0.335. The number of hydrogen-bond acceptors (Lipinski definition) is 0. The molecule has 0 amide bonds. The molecular weight excluding hydrogens is 391 g/mol. The number of pyridine rings is 1. The summed E-state index contributed by atoms with van der Waals surface area (Å²) in [5.74, 6) is -0.417. The van der Waals surface area contributed by atoms with Crippen LogP contribution in [0.3, 0.4) is 0 Å². The van der Waals surface area contributed by atoms with Crippen LogP contribution in [0.2, 0.25) is 5.02 Å². The maximum atomic E-state index is 14.4. The van der Waals surface area contributed by atoms with Crippen LogP contribution in [0.1, 0.15) is 11.1 Å². The largest absolute Gasteiger partial charge is 0.351 e. The highest BCUT2D eigenvalue weighted by molar-refractivity contribution is 9.10. The van der Waals surface area contributed by atoms with Crippen molar-refractivity contribution < 1.29 is 8.96 Å². The van der Waals surface area contributed by atoms with Gasteiger partial charge in [0.2, 0.25) is 0 Å². The number of aryl methyl sites for hydroxylation is 1. The van der Waals surface area contributed by atoms with Crippen molar-refractivity contribution in [3.8, 4) is 0 Å². The number of fused-ring (bicyclic) bond motifs is 3. The van der Waals surface area contributed by atoms with Crippen LogP contribution in [-0.2, 0) is 6.54 Å². The van der Waals surface area contributed by atoms with E-state index in [0.717, 1.165) is 32.9 Å². The Kier molecular flexibility index (Phi) is 3.82. The van der Waals surface area contributed by atoms with Crippen LogP contribution in [0, 0.1) is 12.7 Å². The lowest BCUT2D eigenvalue weighted by atomic mass is 10.1. The molecule has 0 saturated heterocycles. The first-order valence-electron chi connectivity index (χ1n) is 7.57. The standard InChI is InChI=1S/C19H13BrClFN2/c1-11-8-24(9-12-5-3-2-4-6-12)10-13-16-14(20)7-15(21)17(22)19(16)23-18(11)13/h2-8,10H,9H2,1H3/p+1. The summed E-state index contributed by atoms with van der Waals surface area (Å²) in [5.41, 5.74) is 3.64. The summed E-state index contributed by atoms with van der Waals surface area (Å²) in [7, 11) is 0. The molecule has 2 aromatic carbocycles. The highest BCUT2D eigenvalue weighted by Gasteiger charge is 2.19. The summed E-state index contributed by atoms with van der Waals surface area (Å²) in [4.78, 5) is 3.18. The molecule has 2 nitrogen and oxygen atoms in total. The molecular formula is C19H14BrClFN2+. The molecule has 0 aliphatic rings. The Morgan fingerprint density at radius 1 is 1.17 bits per heavy atom. The van der Waals surface area contributed by atoms with Gasteiger partial charge in [0.15, 0.2) is 24.8 Å². The van der Waals surface area contributed by atoms with Crippen molar-refractivity contribution in [2.45, 2.75) is 13.5 Å². The summed E-state index contributed by atoms with van der Waals surface area (Å²) >= 11 is 9.49. The zero-order valence-corrected chi connectivity index (χ0v) is 15.2. The molecule has 2 aromatic heterocycles. The maximum absolute atomic E-state index is 14.4. The Morgan fingerprint density at radius 3 is 2.67 bits per heavy atom. The fourth-order valence-corrected chi connectivity index (χ4v) is 4.11. The molecule has 4 rings (SSSR count). The van der Waals surface area contributed by atoms with Crippen LogP contribution in [0.4, 0.5) is 4.39 Å². The number of hydrogen-bond donors (Lipinski definition) is 1. The molecule has 4 aromatic rings. The van der Waals surface area contributed by atoms with Gasteiger partial charge in [0.1, 0.15) is 0 Å². The smallest absolute Gasteiger partial charge is 0.179 e. The van der Waals surface area contributed by atoms with Gasteiger partial charge in [-0.05, 0) is 13.0 Å². The topological polar surface area (TPSA) is 19.7 Å². The first-order valence-corrected chi connectivity index (χ1v) is 8.74. The first kappa shape index (κ1) is 15.6. The van der Waals surface area contributed by atoms with Gasteiger partial charge < -0.3 is 4.98 Å². The molecule has 0 aliphatic carbocycles. The van der Waals surface area contributed by atoms with Crippen LogP contribution < -0.4 is 4.57 Å². The number of aromatic nitrogens is 2. The summed E-state index contributed by atoms with van der Waals surface area (Å²) in [6.45, 7) is 2.78. The van der Waals surface area contributed by atoms with Crippen molar-refractivity contribution in [3.05, 3.63) is 75.2 Å². The van der Waals surface area contributed by atoms with Crippen LogP contribution in [0.5, 0.6) is 0 Å². The third kappa shape index (κ3) is 2.50. The summed E-state index contributed by atoms with van der Waals surface area (Å²) in [5, 5.41) is 1.90. The Bertz CT molecular complexity index is 1070. The van der Waals surface area contributed by atoms with Crippen molar-refractivity contribution in [3.63, 3.8) is 0 Å². The molecule has 0 radical (unpaired) electrons. The Labute approximate surface area is 152 Å². The van der Waals surface area contributed by atoms with Crippen LogP contribution in [-0.4, -0.2) is 4.98 Å². The van der Waals surface area contributed by atoms with Gasteiger partial charge >= 0.3 is 0 Å². The van der Waals surface area contributed by atoms with Crippen LogP contribution >= 0.6 is 27.5 Å². The van der Waals surface area contributed by atoms with Crippen LogP contribution in [0.25, 0.3) is 21.8 Å². The van der Waals surface area contributed by atoms with E-state index in [2.05, 4.69) is 43.8 Å². The number of benzene rings is 2. The van der Waals surface area contributed by atoms with Crippen LogP contribution in [0.15, 0.2) is 53.3 Å². The minimum absolute atomic E-state index is 0.107. The van der Waals surface area contributed by atoms with Crippen molar-refractivity contribution in [2.24, 2.45) is 0 Å². The van der Waals surface area contributed by atoms with Gasteiger partial charge in [-0.15, -0.1) is 0 Å². The van der Waals surface area contributed by atoms with Gasteiger partial charge in [-0.1, -0.05) is 57.9 Å². The van der Waals surface area contributed by atoms with Crippen molar-refractivity contribution in [1.82, 2.24) is 4.98 Å². The Hall–Kier alpha value is -1.91. The van der Waals surface area contributed by atoms with E-state index in [0.29, 0.717) is 5.52 Å². The number of rotatable bonds is 2. The second-order valence-corrected chi connectivity index (χ2v) is 7.18. The van der Waals surface area contributed by atoms with E-state index in [-0.39, 0.29) is 5.02 Å². The van der Waals surface area contributed by atoms with Gasteiger partial charge in [0.25, 0.3) is 0 Å². The second kappa shape index (κ2) is 5.87. The first-order chi connectivity index (χ1) is 11.5. The van der Waals surface area contributed by atoms with Crippen molar-refractivity contribution in [2.75, 3.05) is 0 Å². The third-order valence-corrected chi connectivity index (χ3v) is 5.12. The molecule has 120 valence electrons. The monoisotopic (exact) mass is 403 g/mol. The second-order valence-electron chi connectivity index (χ2n) is 5.92. The fourth-order valence-electron chi connectivity index (χ4n) is 3.14. The zero-order chi connectivity index (χ0) is 16.8. The van der Waals surface area contributed by atoms with Gasteiger partial charge in [-0.2, -0.15) is 4.57 Å². The molecule has 24 heavy (non-hydrogen) atoms. The van der Waals surface area contributed by atoms with Gasteiger partial charge in [-0.25, -0.2) is 4.39 Å². The third-order valence-electron chi connectivity index (χ3n) is 4.22. The molecule has 0 spiro atoms. The highest BCUT2D eigenvalue weighted by Crippen LogP contribution is 2.36. The molecule has 1 N–H and O–H groups in total. The predicted molar refractivity (Wildman–Crippen MR) is 98.9 cm³/mol. The minimum atomic E-state index is -0.417. The van der Waals surface area contributed by atoms with E-state index in [1.54, 1.807) is 6.07 Å². The molecule has 2 heterocycles. The number of aromatic amines is 1. The van der Waals surface area contributed by atoms with Gasteiger partial charge in [-0.3, -0.25) is 0 Å². The van der Waals surface area contributed by atoms with Gasteiger partial charge in [0.05, 0.1) is 21.4 Å². The summed E-state index contributed by atoms with van der Waals surface area (Å²) in [6, 6.07) is 11.9. The molecule has 0 fully saturated rings. The molecule has 0 aliphatic heterocycles. The van der Waals surface area contributed by atoms with Crippen molar-refractivity contribution >= 4 is 49.3 Å². The molecule has 0 saturated carbocycles. The number of nitrogens with zero attached hydrogens (tertiary/aromatic N) is 1. The zero-order valence-electron chi connectivity index (χ0n) is 12.9. The Balaban J connectivity index is 1.97. The number of H-pyrrole nitrogens is 1. The summed E-state index contributed by atoms with van der Waals surface area (Å²) in [6.07, 6.45) is 4.12. The molecule has 0 atom stereocenters. The van der Waals surface area contributed by atoms with E-state index >= 15 is 0 Å². The van der Waals surface area contributed by atoms with E-state index in [9.17, 15) is 4.39 Å². The van der Waals surface area contributed by atoms with Gasteiger partial charge in [0, 0.05) is 21.0 Å². The Morgan fingerprint density at radius 2 is 1.92 bits per heavy atom. The normalized spacial score (nSPS) is 11.5. The van der Waals surface area contributed by atoms with E-state index in [1.165, 1.54) is 5.56 Å². The number of halogens is 3. The maximum Gasteiger partial charge on any atom is 0.179 e. The van der Waals surface area contributed by atoms with E-state index in [4.69, 9.17) is 11.6 Å². The lowest BCUT2D eigenvalue weighted by Crippen LogP contribution is -2.33. The summed E-state index contributed by atoms with van der Waals surface area (Å²) < 4.78 is 17.3. The molecule has 0 unspecified atom stereocenters. The minimum Gasteiger partial charge on any atom is -0.351 e. The fraction of sp³-hybridized carbons (Fsp3) is 0.105. The van der Waals surface area contributed by atoms with E-state index in [1.807, 2.05) is 31.3 Å². The van der Waals surface area contributed by atoms with Crippen molar-refractivity contribution in [1.29, 1.82) is 0 Å². The average Bonchev–Trinajstić information content (AvgIpc) is 2.94. The van der Waals surface area contributed by atoms with E-state index < -0.39 is 5.82 Å².